The van der Waals surface area contributed by atoms with Gasteiger partial charge in [0.1, 0.15) is 18.2 Å². The van der Waals surface area contributed by atoms with Crippen molar-refractivity contribution in [1.29, 1.82) is 0 Å². The highest BCUT2D eigenvalue weighted by atomic mass is 32.2. The molecule has 0 bridgehead atoms. The Morgan fingerprint density at radius 3 is 2.41 bits per heavy atom. The molecule has 1 aliphatic heterocycles. The van der Waals surface area contributed by atoms with Gasteiger partial charge < -0.3 is 10.2 Å². The van der Waals surface area contributed by atoms with Gasteiger partial charge in [0.15, 0.2) is 11.6 Å². The fraction of sp³-hybridized carbons (Fsp3) is 0.391. The van der Waals surface area contributed by atoms with Crippen LogP contribution in [0, 0.1) is 11.6 Å². The Hall–Kier alpha value is -3.08. The van der Waals surface area contributed by atoms with Gasteiger partial charge in [-0.2, -0.15) is 0 Å². The maximum absolute atomic E-state index is 14.3. The summed E-state index contributed by atoms with van der Waals surface area (Å²) in [5.74, 6) is -2.08. The first-order valence-corrected chi connectivity index (χ1v) is 12.7. The maximum Gasteiger partial charge on any atom is 0.244 e. The highest BCUT2D eigenvalue weighted by Gasteiger charge is 2.19. The topological polar surface area (TPSA) is 91.4 Å². The largest absolute Gasteiger partial charge is 0.356 e. The van der Waals surface area contributed by atoms with Crippen molar-refractivity contribution in [3.05, 3.63) is 58.8 Å². The van der Waals surface area contributed by atoms with Gasteiger partial charge in [0.25, 0.3) is 0 Å². The molecular weight excluding hydrogens is 469 g/mol. The van der Waals surface area contributed by atoms with Gasteiger partial charge in [-0.1, -0.05) is 0 Å². The Morgan fingerprint density at radius 1 is 1.18 bits per heavy atom. The molecule has 0 spiro atoms. The molecule has 7 nitrogen and oxygen atoms in total. The SMILES string of the molecule is C[C@@H](NC(=O)/C=C/c1ccc(CF)nc1N1CCCCC1)c1cc(F)c(NS(C)(=O)=O)c(F)c1. The van der Waals surface area contributed by atoms with E-state index < -0.39 is 46.0 Å². The Morgan fingerprint density at radius 2 is 1.82 bits per heavy atom. The van der Waals surface area contributed by atoms with Crippen molar-refractivity contribution in [2.75, 3.05) is 29.0 Å². The van der Waals surface area contributed by atoms with Gasteiger partial charge in [0, 0.05) is 24.7 Å². The van der Waals surface area contributed by atoms with E-state index in [1.54, 1.807) is 29.9 Å². The van der Waals surface area contributed by atoms with Gasteiger partial charge in [-0.05, 0) is 62.1 Å². The lowest BCUT2D eigenvalue weighted by Crippen LogP contribution is -2.31. The molecule has 2 N–H and O–H groups in total. The van der Waals surface area contributed by atoms with Crippen molar-refractivity contribution in [1.82, 2.24) is 10.3 Å². The van der Waals surface area contributed by atoms with Gasteiger partial charge >= 0.3 is 0 Å². The third-order valence-electron chi connectivity index (χ3n) is 5.38. The van der Waals surface area contributed by atoms with E-state index in [-0.39, 0.29) is 5.56 Å². The lowest BCUT2D eigenvalue weighted by atomic mass is 10.1. The van der Waals surface area contributed by atoms with Crippen LogP contribution in [0.1, 0.15) is 49.0 Å². The molecule has 1 amide bonds. The summed E-state index contributed by atoms with van der Waals surface area (Å²) in [5, 5.41) is 2.62. The second-order valence-corrected chi connectivity index (χ2v) is 9.94. The zero-order valence-electron chi connectivity index (χ0n) is 18.9. The zero-order chi connectivity index (χ0) is 24.9. The average Bonchev–Trinajstić information content (AvgIpc) is 2.79. The first-order valence-electron chi connectivity index (χ1n) is 10.8. The third-order valence-corrected chi connectivity index (χ3v) is 5.96. The van der Waals surface area contributed by atoms with Crippen LogP contribution < -0.4 is 14.9 Å². The van der Waals surface area contributed by atoms with Gasteiger partial charge in [-0.3, -0.25) is 9.52 Å². The third kappa shape index (κ3) is 6.72. The predicted octanol–water partition coefficient (Wildman–Crippen LogP) is 4.08. The molecule has 3 rings (SSSR count). The molecule has 1 aromatic heterocycles. The van der Waals surface area contributed by atoms with Crippen molar-refractivity contribution >= 4 is 33.5 Å². The van der Waals surface area contributed by atoms with Crippen LogP contribution in [0.4, 0.5) is 24.7 Å². The van der Waals surface area contributed by atoms with Crippen molar-refractivity contribution in [3.63, 3.8) is 0 Å². The molecule has 2 heterocycles. The Balaban J connectivity index is 1.74. The number of pyridine rings is 1. The van der Waals surface area contributed by atoms with Gasteiger partial charge in [-0.25, -0.2) is 26.6 Å². The molecule has 1 aliphatic rings. The number of hydrogen-bond donors (Lipinski definition) is 2. The fourth-order valence-electron chi connectivity index (χ4n) is 3.70. The highest BCUT2D eigenvalue weighted by molar-refractivity contribution is 7.92. The standard InChI is InChI=1S/C23H27F3N4O3S/c1-15(17-12-19(25)22(20(26)13-17)29-34(2,32)33)27-21(31)9-7-16-6-8-18(14-24)28-23(16)30-10-4-3-5-11-30/h6-9,12-13,15,29H,3-5,10-11,14H2,1-2H3,(H,27,31)/b9-7+/t15-/m1/s1. The minimum Gasteiger partial charge on any atom is -0.356 e. The fourth-order valence-corrected chi connectivity index (χ4v) is 4.26. The number of carbonyl (C=O) groups is 1. The first-order chi connectivity index (χ1) is 16.1. The van der Waals surface area contributed by atoms with E-state index in [9.17, 15) is 26.4 Å². The van der Waals surface area contributed by atoms with E-state index in [1.807, 2.05) is 0 Å². The van der Waals surface area contributed by atoms with Crippen LogP contribution in [-0.4, -0.2) is 38.7 Å². The molecule has 1 saturated heterocycles. The molecule has 11 heteroatoms. The molecule has 1 fully saturated rings. The van der Waals surface area contributed by atoms with Crippen LogP contribution in [0.5, 0.6) is 0 Å². The quantitative estimate of drug-likeness (QED) is 0.538. The number of benzene rings is 1. The number of nitrogens with zero attached hydrogens (tertiary/aromatic N) is 2. The summed E-state index contributed by atoms with van der Waals surface area (Å²) >= 11 is 0. The van der Waals surface area contributed by atoms with E-state index in [2.05, 4.69) is 15.2 Å². The van der Waals surface area contributed by atoms with E-state index in [0.29, 0.717) is 17.1 Å². The lowest BCUT2D eigenvalue weighted by molar-refractivity contribution is -0.117. The summed E-state index contributed by atoms with van der Waals surface area (Å²) in [6.45, 7) is 2.46. The molecular formula is C23H27F3N4O3S. The monoisotopic (exact) mass is 496 g/mol. The summed E-state index contributed by atoms with van der Waals surface area (Å²) in [6.07, 6.45) is 6.77. The van der Waals surface area contributed by atoms with Gasteiger partial charge in [0.2, 0.25) is 15.9 Å². The van der Waals surface area contributed by atoms with E-state index in [1.165, 1.54) is 6.08 Å². The molecule has 34 heavy (non-hydrogen) atoms. The minimum atomic E-state index is -3.86. The van der Waals surface area contributed by atoms with Crippen LogP contribution in [0.2, 0.25) is 0 Å². The van der Waals surface area contributed by atoms with Gasteiger partial charge in [0.05, 0.1) is 18.0 Å². The van der Waals surface area contributed by atoms with Crippen LogP contribution in [0.15, 0.2) is 30.3 Å². The Labute approximate surface area is 197 Å². The summed E-state index contributed by atoms with van der Waals surface area (Å²) in [7, 11) is -3.86. The van der Waals surface area contributed by atoms with Crippen LogP contribution in [0.25, 0.3) is 6.08 Å². The first kappa shape index (κ1) is 25.5. The molecule has 0 saturated carbocycles. The molecule has 1 aromatic carbocycles. The summed E-state index contributed by atoms with van der Waals surface area (Å²) in [5.41, 5.74) is 0.321. The van der Waals surface area contributed by atoms with E-state index in [0.717, 1.165) is 50.7 Å². The van der Waals surface area contributed by atoms with Crippen molar-refractivity contribution < 1.29 is 26.4 Å². The lowest BCUT2D eigenvalue weighted by Gasteiger charge is -2.29. The number of carbonyl (C=O) groups excluding carboxylic acids is 1. The summed E-state index contributed by atoms with van der Waals surface area (Å²) in [4.78, 5) is 18.9. The molecule has 0 aliphatic carbocycles. The normalized spacial score (nSPS) is 15.4. The van der Waals surface area contributed by atoms with E-state index in [4.69, 9.17) is 0 Å². The maximum atomic E-state index is 14.3. The number of piperidine rings is 1. The van der Waals surface area contributed by atoms with E-state index >= 15 is 0 Å². The number of anilines is 2. The summed E-state index contributed by atoms with van der Waals surface area (Å²) in [6, 6.07) is 4.42. The number of halogens is 3. The number of rotatable bonds is 8. The molecule has 2 aromatic rings. The van der Waals surface area contributed by atoms with Crippen molar-refractivity contribution in [3.8, 4) is 0 Å². The molecule has 0 radical (unpaired) electrons. The Bertz CT molecular complexity index is 1160. The number of amides is 1. The highest BCUT2D eigenvalue weighted by Crippen LogP contribution is 2.26. The Kier molecular flexibility index (Phi) is 8.19. The second kappa shape index (κ2) is 10.9. The predicted molar refractivity (Wildman–Crippen MR) is 126 cm³/mol. The van der Waals surface area contributed by atoms with Gasteiger partial charge in [-0.15, -0.1) is 0 Å². The van der Waals surface area contributed by atoms with Crippen molar-refractivity contribution in [2.45, 2.75) is 38.9 Å². The second-order valence-electron chi connectivity index (χ2n) is 8.19. The van der Waals surface area contributed by atoms with Crippen LogP contribution >= 0.6 is 0 Å². The average molecular weight is 497 g/mol. The molecule has 0 unspecified atom stereocenters. The van der Waals surface area contributed by atoms with Crippen LogP contribution in [0.3, 0.4) is 0 Å². The zero-order valence-corrected chi connectivity index (χ0v) is 19.8. The smallest absolute Gasteiger partial charge is 0.244 e. The van der Waals surface area contributed by atoms with Crippen molar-refractivity contribution in [2.24, 2.45) is 0 Å². The number of hydrogen-bond acceptors (Lipinski definition) is 5. The minimum absolute atomic E-state index is 0.124. The number of nitrogens with one attached hydrogen (secondary N) is 2. The number of aromatic nitrogens is 1. The number of sulfonamides is 1. The summed E-state index contributed by atoms with van der Waals surface area (Å²) < 4.78 is 66.0. The molecule has 1 atom stereocenters. The molecule has 184 valence electrons. The number of alkyl halides is 1. The van der Waals surface area contributed by atoms with Crippen LogP contribution in [-0.2, 0) is 21.5 Å².